The van der Waals surface area contributed by atoms with E-state index in [1.54, 1.807) is 12.1 Å². The number of nitrogens with one attached hydrogen (secondary N) is 1. The summed E-state index contributed by atoms with van der Waals surface area (Å²) < 4.78 is 0. The maximum atomic E-state index is 10.9. The van der Waals surface area contributed by atoms with Crippen LogP contribution in [0.5, 0.6) is 0 Å². The first-order chi connectivity index (χ1) is 13.3. The molecule has 3 N–H and O–H groups in total. The smallest absolute Gasteiger partial charge is 0.209 e. The number of aliphatic imine (C=N–C) groups is 1. The summed E-state index contributed by atoms with van der Waals surface area (Å²) in [6.45, 7) is 2.41. The van der Waals surface area contributed by atoms with E-state index in [9.17, 15) is 4.79 Å². The molecule has 1 aliphatic rings. The van der Waals surface area contributed by atoms with Crippen LogP contribution in [-0.2, 0) is 6.54 Å². The summed E-state index contributed by atoms with van der Waals surface area (Å²) in [5, 5.41) is 4.53. The molecule has 0 aromatic heterocycles. The average Bonchev–Trinajstić information content (AvgIpc) is 2.74. The number of likely N-dealkylation sites (tertiary alicyclic amines) is 1. The van der Waals surface area contributed by atoms with Crippen LogP contribution in [-0.4, -0.2) is 36.1 Å². The molecule has 0 saturated carbocycles. The van der Waals surface area contributed by atoms with Gasteiger partial charge >= 0.3 is 0 Å². The highest BCUT2D eigenvalue weighted by Crippen LogP contribution is 2.14. The van der Waals surface area contributed by atoms with Crippen LogP contribution in [0.2, 0.25) is 0 Å². The van der Waals surface area contributed by atoms with E-state index in [0.29, 0.717) is 12.1 Å². The average molecular weight is 363 g/mol. The quantitative estimate of drug-likeness (QED) is 0.370. The van der Waals surface area contributed by atoms with Gasteiger partial charge in [-0.05, 0) is 24.8 Å². The maximum absolute atomic E-state index is 10.9. The second kappa shape index (κ2) is 9.52. The molecule has 2 aromatic rings. The van der Waals surface area contributed by atoms with E-state index in [-0.39, 0.29) is 5.96 Å². The Labute approximate surface area is 159 Å². The van der Waals surface area contributed by atoms with Gasteiger partial charge in [0, 0.05) is 24.2 Å². The van der Waals surface area contributed by atoms with Gasteiger partial charge in [-0.1, -0.05) is 54.6 Å². The number of benzene rings is 2. The van der Waals surface area contributed by atoms with Crippen LogP contribution < -0.4 is 11.2 Å². The second-order valence-corrected chi connectivity index (χ2v) is 6.52. The molecule has 6 heteroatoms. The van der Waals surface area contributed by atoms with Crippen molar-refractivity contribution in [3.05, 3.63) is 71.3 Å². The summed E-state index contributed by atoms with van der Waals surface area (Å²) >= 11 is 0. The Balaban J connectivity index is 1.75. The third-order valence-electron chi connectivity index (χ3n) is 4.51. The van der Waals surface area contributed by atoms with E-state index in [1.807, 2.05) is 42.5 Å². The van der Waals surface area contributed by atoms with Gasteiger partial charge in [0.15, 0.2) is 5.84 Å². The van der Waals surface area contributed by atoms with Crippen LogP contribution in [0.25, 0.3) is 0 Å². The molecule has 0 unspecified atom stereocenters. The Bertz CT molecular complexity index is 793. The van der Waals surface area contributed by atoms with Gasteiger partial charge < -0.3 is 10.6 Å². The predicted octanol–water partition coefficient (Wildman–Crippen LogP) is 2.75. The molecule has 6 nitrogen and oxygen atoms in total. The van der Waals surface area contributed by atoms with Crippen molar-refractivity contribution in [3.63, 3.8) is 0 Å². The first-order valence-electron chi connectivity index (χ1n) is 9.24. The highest BCUT2D eigenvalue weighted by atomic mass is 16.1. The van der Waals surface area contributed by atoms with Crippen molar-refractivity contribution in [1.82, 2.24) is 10.3 Å². The van der Waals surface area contributed by atoms with Crippen LogP contribution in [0.1, 0.15) is 40.7 Å². The zero-order chi connectivity index (χ0) is 18.9. The van der Waals surface area contributed by atoms with E-state index in [4.69, 9.17) is 5.73 Å². The van der Waals surface area contributed by atoms with Crippen molar-refractivity contribution in [2.24, 2.45) is 15.8 Å². The molecule has 0 aliphatic carbocycles. The first kappa shape index (κ1) is 18.6. The number of aldehydes is 1. The SMILES string of the molecule is NC(=NCc1ccccc1)NN=C(c1ccc(C=O)cc1)N1CCCCC1. The highest BCUT2D eigenvalue weighted by Gasteiger charge is 2.17. The summed E-state index contributed by atoms with van der Waals surface area (Å²) in [6, 6.07) is 17.4. The van der Waals surface area contributed by atoms with Crippen molar-refractivity contribution in [2.45, 2.75) is 25.8 Å². The third-order valence-corrected chi connectivity index (χ3v) is 4.51. The third kappa shape index (κ3) is 5.41. The number of carbonyl (C=O) groups is 1. The Morgan fingerprint density at radius 2 is 1.74 bits per heavy atom. The van der Waals surface area contributed by atoms with Crippen LogP contribution >= 0.6 is 0 Å². The van der Waals surface area contributed by atoms with Crippen LogP contribution in [0, 0.1) is 0 Å². The molecular weight excluding hydrogens is 338 g/mol. The minimum Gasteiger partial charge on any atom is -0.369 e. The van der Waals surface area contributed by atoms with E-state index in [1.165, 1.54) is 6.42 Å². The standard InChI is InChI=1S/C21H25N5O/c22-21(23-15-17-7-3-1-4-8-17)25-24-20(26-13-5-2-6-14-26)19-11-9-18(16-27)10-12-19/h1,3-4,7-12,16H,2,5-6,13-15H2,(H3,22,23,25). The lowest BCUT2D eigenvalue weighted by Crippen LogP contribution is -2.39. The summed E-state index contributed by atoms with van der Waals surface area (Å²) in [7, 11) is 0. The molecule has 3 rings (SSSR count). The molecule has 27 heavy (non-hydrogen) atoms. The summed E-state index contributed by atoms with van der Waals surface area (Å²) in [6.07, 6.45) is 4.36. The lowest BCUT2D eigenvalue weighted by Gasteiger charge is -2.29. The normalized spacial score (nSPS) is 15.5. The molecule has 1 aliphatic heterocycles. The van der Waals surface area contributed by atoms with E-state index in [2.05, 4.69) is 20.4 Å². The van der Waals surface area contributed by atoms with Gasteiger partial charge in [-0.3, -0.25) is 4.79 Å². The van der Waals surface area contributed by atoms with E-state index in [0.717, 1.165) is 49.2 Å². The van der Waals surface area contributed by atoms with E-state index < -0.39 is 0 Å². The minimum atomic E-state index is 0.276. The van der Waals surface area contributed by atoms with Gasteiger partial charge in [0.1, 0.15) is 6.29 Å². The molecule has 0 bridgehead atoms. The molecule has 1 fully saturated rings. The fraction of sp³-hybridized carbons (Fsp3) is 0.286. The van der Waals surface area contributed by atoms with Crippen LogP contribution in [0.4, 0.5) is 0 Å². The van der Waals surface area contributed by atoms with Crippen molar-refractivity contribution >= 4 is 18.1 Å². The van der Waals surface area contributed by atoms with E-state index >= 15 is 0 Å². The van der Waals surface area contributed by atoms with Gasteiger partial charge in [0.25, 0.3) is 0 Å². The Hall–Kier alpha value is -3.15. The molecule has 140 valence electrons. The molecule has 0 radical (unpaired) electrons. The first-order valence-corrected chi connectivity index (χ1v) is 9.24. The van der Waals surface area contributed by atoms with Gasteiger partial charge in [-0.15, -0.1) is 0 Å². The number of nitrogens with zero attached hydrogens (tertiary/aromatic N) is 3. The molecule has 1 heterocycles. The lowest BCUT2D eigenvalue weighted by atomic mass is 10.1. The number of hydrogen-bond donors (Lipinski definition) is 2. The zero-order valence-electron chi connectivity index (χ0n) is 15.3. The number of rotatable bonds is 5. The monoisotopic (exact) mass is 363 g/mol. The minimum absolute atomic E-state index is 0.276. The molecule has 0 amide bonds. The summed E-state index contributed by atoms with van der Waals surface area (Å²) in [5.74, 6) is 1.10. The molecule has 0 spiro atoms. The fourth-order valence-electron chi connectivity index (χ4n) is 3.04. The largest absolute Gasteiger partial charge is 0.369 e. The van der Waals surface area contributed by atoms with Crippen molar-refractivity contribution in [1.29, 1.82) is 0 Å². The van der Waals surface area contributed by atoms with Crippen molar-refractivity contribution in [3.8, 4) is 0 Å². The molecular formula is C21H25N5O. The predicted molar refractivity (Wildman–Crippen MR) is 109 cm³/mol. The zero-order valence-corrected chi connectivity index (χ0v) is 15.3. The number of piperidine rings is 1. The Morgan fingerprint density at radius 3 is 2.41 bits per heavy atom. The maximum Gasteiger partial charge on any atom is 0.209 e. The topological polar surface area (TPSA) is 83.1 Å². The number of carbonyl (C=O) groups excluding carboxylic acids is 1. The fourth-order valence-corrected chi connectivity index (χ4v) is 3.04. The number of guanidine groups is 1. The van der Waals surface area contributed by atoms with Crippen molar-refractivity contribution in [2.75, 3.05) is 13.1 Å². The number of nitrogens with two attached hydrogens (primary N) is 1. The number of hydrazone groups is 1. The number of hydrogen-bond acceptors (Lipinski definition) is 3. The highest BCUT2D eigenvalue weighted by molar-refractivity contribution is 6.00. The summed E-state index contributed by atoms with van der Waals surface area (Å²) in [5.41, 5.74) is 11.6. The summed E-state index contributed by atoms with van der Waals surface area (Å²) in [4.78, 5) is 17.5. The van der Waals surface area contributed by atoms with Crippen LogP contribution in [0.3, 0.4) is 0 Å². The molecule has 2 aromatic carbocycles. The van der Waals surface area contributed by atoms with Crippen LogP contribution in [0.15, 0.2) is 64.7 Å². The number of amidine groups is 1. The van der Waals surface area contributed by atoms with Gasteiger partial charge in [0.2, 0.25) is 5.96 Å². The van der Waals surface area contributed by atoms with Gasteiger partial charge in [-0.25, -0.2) is 10.4 Å². The van der Waals surface area contributed by atoms with Crippen molar-refractivity contribution < 1.29 is 4.79 Å². The molecule has 1 saturated heterocycles. The van der Waals surface area contributed by atoms with Gasteiger partial charge in [0.05, 0.1) is 6.54 Å². The Morgan fingerprint density at radius 1 is 1.04 bits per heavy atom. The second-order valence-electron chi connectivity index (χ2n) is 6.52. The molecule has 0 atom stereocenters. The lowest BCUT2D eigenvalue weighted by molar-refractivity contribution is 0.112. The van der Waals surface area contributed by atoms with Gasteiger partial charge in [-0.2, -0.15) is 5.10 Å². The Kier molecular flexibility index (Phi) is 6.57.